The number of carbonyl (C=O) groups excluding carboxylic acids is 1. The van der Waals surface area contributed by atoms with E-state index in [2.05, 4.69) is 0 Å². The molecule has 0 saturated heterocycles. The zero-order valence-corrected chi connectivity index (χ0v) is 12.9. The molecule has 1 aromatic rings. The summed E-state index contributed by atoms with van der Waals surface area (Å²) >= 11 is 0. The van der Waals surface area contributed by atoms with Gasteiger partial charge in [0, 0.05) is 12.0 Å². The number of alkyl halides is 3. The molecular weight excluding hydrogens is 309 g/mol. The summed E-state index contributed by atoms with van der Waals surface area (Å²) in [4.78, 5) is 11.8. The van der Waals surface area contributed by atoms with Gasteiger partial charge in [-0.3, -0.25) is 4.79 Å². The first kappa shape index (κ1) is 16.1. The maximum Gasteiger partial charge on any atom is 0.411 e. The molecule has 2 aliphatic carbocycles. The van der Waals surface area contributed by atoms with E-state index in [-0.39, 0.29) is 11.7 Å². The molecule has 2 atom stereocenters. The van der Waals surface area contributed by atoms with Crippen LogP contribution in [-0.4, -0.2) is 25.7 Å². The second kappa shape index (κ2) is 5.67. The Bertz CT molecular complexity index is 676. The number of ketones is 1. The maximum atomic E-state index is 12.5. The van der Waals surface area contributed by atoms with Crippen molar-refractivity contribution >= 4 is 11.4 Å². The average Bonchev–Trinajstić information content (AvgIpc) is 2.83. The van der Waals surface area contributed by atoms with Crippen LogP contribution in [0.3, 0.4) is 0 Å². The van der Waals surface area contributed by atoms with Crippen LogP contribution in [0.15, 0.2) is 18.2 Å². The summed E-state index contributed by atoms with van der Waals surface area (Å²) in [5.41, 5.74) is 3.20. The van der Waals surface area contributed by atoms with Crippen molar-refractivity contribution in [2.75, 3.05) is 13.7 Å². The lowest BCUT2D eigenvalue weighted by molar-refractivity contribution is -0.188. The Morgan fingerprint density at radius 1 is 1.30 bits per heavy atom. The van der Waals surface area contributed by atoms with Crippen molar-refractivity contribution in [3.05, 3.63) is 34.9 Å². The van der Waals surface area contributed by atoms with Crippen molar-refractivity contribution in [2.45, 2.75) is 32.0 Å². The first-order chi connectivity index (χ1) is 10.8. The number of fused-ring (bicyclic) bond motifs is 3. The number of allylic oxidation sites excluding steroid dienone is 2. The number of carbonyl (C=O) groups is 1. The number of aryl methyl sites for hydroxylation is 1. The monoisotopic (exact) mass is 326 g/mol. The van der Waals surface area contributed by atoms with E-state index >= 15 is 0 Å². The molecule has 0 saturated carbocycles. The number of benzene rings is 1. The van der Waals surface area contributed by atoms with Gasteiger partial charge in [0.05, 0.1) is 13.2 Å². The summed E-state index contributed by atoms with van der Waals surface area (Å²) in [5, 5.41) is 0. The lowest BCUT2D eigenvalue weighted by Gasteiger charge is -2.33. The Morgan fingerprint density at radius 3 is 2.70 bits per heavy atom. The molecule has 0 aromatic heterocycles. The molecule has 0 N–H and O–H groups in total. The van der Waals surface area contributed by atoms with Gasteiger partial charge in [-0.1, -0.05) is 6.07 Å². The van der Waals surface area contributed by atoms with Crippen LogP contribution in [0.2, 0.25) is 0 Å². The molecule has 0 spiro atoms. The van der Waals surface area contributed by atoms with Gasteiger partial charge in [-0.05, 0) is 48.1 Å². The van der Waals surface area contributed by atoms with Crippen LogP contribution < -0.4 is 4.74 Å². The fourth-order valence-corrected chi connectivity index (χ4v) is 3.44. The van der Waals surface area contributed by atoms with Crippen molar-refractivity contribution in [3.63, 3.8) is 0 Å². The molecule has 124 valence electrons. The molecule has 6 heteroatoms. The van der Waals surface area contributed by atoms with Crippen molar-refractivity contribution < 1.29 is 27.4 Å². The minimum absolute atomic E-state index is 0.00731. The first-order valence-corrected chi connectivity index (χ1v) is 7.40. The van der Waals surface area contributed by atoms with E-state index in [9.17, 15) is 18.0 Å². The third-order valence-electron chi connectivity index (χ3n) is 4.29. The number of rotatable bonds is 3. The highest BCUT2D eigenvalue weighted by Gasteiger charge is 2.39. The molecule has 0 aliphatic heterocycles. The molecule has 0 amide bonds. The molecule has 23 heavy (non-hydrogen) atoms. The van der Waals surface area contributed by atoms with E-state index in [1.165, 1.54) is 7.11 Å². The second-order valence-electron chi connectivity index (χ2n) is 6.05. The van der Waals surface area contributed by atoms with Gasteiger partial charge in [-0.25, -0.2) is 0 Å². The minimum atomic E-state index is -4.39. The summed E-state index contributed by atoms with van der Waals surface area (Å²) < 4.78 is 48.1. The number of methoxy groups -OCH3 is 1. The lowest BCUT2D eigenvalue weighted by atomic mass is 9.78. The van der Waals surface area contributed by atoms with Crippen LogP contribution in [0, 0.1) is 12.8 Å². The molecule has 0 bridgehead atoms. The number of halogens is 3. The second-order valence-corrected chi connectivity index (χ2v) is 6.05. The van der Waals surface area contributed by atoms with Gasteiger partial charge in [0.15, 0.2) is 5.78 Å². The molecule has 0 unspecified atom stereocenters. The Morgan fingerprint density at radius 2 is 2.04 bits per heavy atom. The molecule has 2 aliphatic rings. The summed E-state index contributed by atoms with van der Waals surface area (Å²) in [5.74, 6) is 0.429. The molecule has 3 nitrogen and oxygen atoms in total. The summed E-state index contributed by atoms with van der Waals surface area (Å²) in [6.45, 7) is 0.573. The van der Waals surface area contributed by atoms with Crippen molar-refractivity contribution in [1.82, 2.24) is 0 Å². The smallest absolute Gasteiger partial charge is 0.411 e. The Balaban J connectivity index is 2.05. The fourth-order valence-electron chi connectivity index (χ4n) is 3.44. The molecule has 0 fully saturated rings. The van der Waals surface area contributed by atoms with E-state index in [1.54, 1.807) is 12.1 Å². The van der Waals surface area contributed by atoms with Gasteiger partial charge >= 0.3 is 6.18 Å². The van der Waals surface area contributed by atoms with Crippen LogP contribution in [0.25, 0.3) is 5.57 Å². The number of ether oxygens (including phenoxy) is 2. The standard InChI is InChI=1S/C17H17F3O3/c1-9-3-13-12-7-11(21)5-10(12)6-15(23-8-17(18,19)20)16(13)14(4-9)22-2/h3-4,7,10,15H,5-6,8H2,1-2H3/t10-,15-/m1/s1. The summed E-state index contributed by atoms with van der Waals surface area (Å²) in [7, 11) is 1.48. The van der Waals surface area contributed by atoms with Crippen LogP contribution in [0.4, 0.5) is 13.2 Å². The normalized spacial score (nSPS) is 23.3. The quantitative estimate of drug-likeness (QED) is 0.842. The lowest BCUT2D eigenvalue weighted by Crippen LogP contribution is -2.24. The van der Waals surface area contributed by atoms with E-state index in [0.717, 1.165) is 16.7 Å². The third-order valence-corrected chi connectivity index (χ3v) is 4.29. The van der Waals surface area contributed by atoms with Gasteiger partial charge in [-0.2, -0.15) is 13.2 Å². The average molecular weight is 326 g/mol. The van der Waals surface area contributed by atoms with E-state index in [4.69, 9.17) is 9.47 Å². The first-order valence-electron chi connectivity index (χ1n) is 7.40. The Hall–Kier alpha value is -1.82. The van der Waals surface area contributed by atoms with Gasteiger partial charge in [0.2, 0.25) is 0 Å². The largest absolute Gasteiger partial charge is 0.496 e. The molecule has 1 aromatic carbocycles. The topological polar surface area (TPSA) is 35.5 Å². The predicted molar refractivity (Wildman–Crippen MR) is 78.2 cm³/mol. The Kier molecular flexibility index (Phi) is 3.96. The molecule has 3 rings (SSSR count). The van der Waals surface area contributed by atoms with Gasteiger partial charge in [0.25, 0.3) is 0 Å². The zero-order chi connectivity index (χ0) is 16.8. The van der Waals surface area contributed by atoms with Crippen molar-refractivity contribution in [3.8, 4) is 5.75 Å². The van der Waals surface area contributed by atoms with E-state index in [1.807, 2.05) is 13.0 Å². The molecule has 0 radical (unpaired) electrons. The Labute approximate surface area is 132 Å². The third kappa shape index (κ3) is 3.13. The fraction of sp³-hybridized carbons (Fsp3) is 0.471. The van der Waals surface area contributed by atoms with Crippen LogP contribution in [0.1, 0.15) is 35.6 Å². The SMILES string of the molecule is COc1cc(C)cc2c1[C@H](OCC(F)(F)F)C[C@H]1CC(=O)C=C21. The van der Waals surface area contributed by atoms with Gasteiger partial charge < -0.3 is 9.47 Å². The van der Waals surface area contributed by atoms with Crippen molar-refractivity contribution in [1.29, 1.82) is 0 Å². The highest BCUT2D eigenvalue weighted by molar-refractivity contribution is 6.03. The summed E-state index contributed by atoms with van der Waals surface area (Å²) in [6.07, 6.45) is -2.82. The van der Waals surface area contributed by atoms with Crippen LogP contribution in [0.5, 0.6) is 5.75 Å². The number of hydrogen-bond acceptors (Lipinski definition) is 3. The maximum absolute atomic E-state index is 12.5. The van der Waals surface area contributed by atoms with Crippen LogP contribution in [-0.2, 0) is 9.53 Å². The van der Waals surface area contributed by atoms with Gasteiger partial charge in [-0.15, -0.1) is 0 Å². The highest BCUT2D eigenvalue weighted by Crippen LogP contribution is 2.50. The predicted octanol–water partition coefficient (Wildman–Crippen LogP) is 4.00. The minimum Gasteiger partial charge on any atom is -0.496 e. The van der Waals surface area contributed by atoms with E-state index in [0.29, 0.717) is 24.2 Å². The number of hydrogen-bond donors (Lipinski definition) is 0. The van der Waals surface area contributed by atoms with Crippen LogP contribution >= 0.6 is 0 Å². The highest BCUT2D eigenvalue weighted by atomic mass is 19.4. The molecular formula is C17H17F3O3. The zero-order valence-electron chi connectivity index (χ0n) is 12.9. The van der Waals surface area contributed by atoms with Gasteiger partial charge in [0.1, 0.15) is 12.4 Å². The summed E-state index contributed by atoms with van der Waals surface area (Å²) in [6, 6.07) is 3.67. The van der Waals surface area contributed by atoms with Crippen molar-refractivity contribution in [2.24, 2.45) is 5.92 Å². The molecule has 0 heterocycles. The van der Waals surface area contributed by atoms with E-state index < -0.39 is 18.9 Å².